The number of carbonyl (C=O) groups is 1. The van der Waals surface area contributed by atoms with Gasteiger partial charge in [-0.3, -0.25) is 4.79 Å². The van der Waals surface area contributed by atoms with Gasteiger partial charge in [-0.25, -0.2) is 0 Å². The van der Waals surface area contributed by atoms with Crippen LogP contribution in [0.1, 0.15) is 25.0 Å². The van der Waals surface area contributed by atoms with Gasteiger partial charge in [0.05, 0.1) is 5.41 Å². The number of hydrogen-bond acceptors (Lipinski definition) is 1. The van der Waals surface area contributed by atoms with Crippen LogP contribution < -0.4 is 0 Å². The lowest BCUT2D eigenvalue weighted by atomic mass is 9.82. The van der Waals surface area contributed by atoms with Crippen molar-refractivity contribution in [1.29, 1.82) is 0 Å². The van der Waals surface area contributed by atoms with E-state index >= 15 is 0 Å². The predicted octanol–water partition coefficient (Wildman–Crippen LogP) is 2.96. The summed E-state index contributed by atoms with van der Waals surface area (Å²) in [5, 5.41) is 9.09. The molecule has 1 aromatic rings. The molecule has 0 bridgehead atoms. The topological polar surface area (TPSA) is 37.3 Å². The molecule has 1 aromatic carbocycles. The van der Waals surface area contributed by atoms with Gasteiger partial charge < -0.3 is 5.11 Å². The van der Waals surface area contributed by atoms with E-state index < -0.39 is 11.4 Å². The molecule has 3 heteroatoms. The molecule has 1 N–H and O–H groups in total. The summed E-state index contributed by atoms with van der Waals surface area (Å²) in [5.41, 5.74) is 1.10. The lowest BCUT2D eigenvalue weighted by Crippen LogP contribution is -2.29. The third-order valence-electron chi connectivity index (χ3n) is 2.40. The Morgan fingerprint density at radius 1 is 1.43 bits per heavy atom. The molecule has 0 aliphatic carbocycles. The zero-order valence-corrected chi connectivity index (χ0v) is 10.6. The molecule has 0 unspecified atom stereocenters. The molecule has 14 heavy (non-hydrogen) atoms. The highest BCUT2D eigenvalue weighted by molar-refractivity contribution is 14.1. The van der Waals surface area contributed by atoms with Crippen molar-refractivity contribution < 1.29 is 9.90 Å². The van der Waals surface area contributed by atoms with Gasteiger partial charge in [-0.1, -0.05) is 6.07 Å². The fraction of sp³-hybridized carbons (Fsp3) is 0.364. The number of carboxylic acids is 1. The Morgan fingerprint density at radius 2 is 2.00 bits per heavy atom. The normalized spacial score (nSPS) is 11.4. The maximum absolute atomic E-state index is 11.1. The van der Waals surface area contributed by atoms with Crippen LogP contribution in [0.25, 0.3) is 0 Å². The molecule has 2 nitrogen and oxygen atoms in total. The Kier molecular flexibility index (Phi) is 3.19. The molecule has 0 heterocycles. The fourth-order valence-electron chi connectivity index (χ4n) is 1.44. The summed E-state index contributed by atoms with van der Waals surface area (Å²) in [4.78, 5) is 11.1. The van der Waals surface area contributed by atoms with Crippen LogP contribution in [-0.4, -0.2) is 11.1 Å². The highest BCUT2D eigenvalue weighted by atomic mass is 127. The standard InChI is InChI=1S/C11H13IO2/c1-7-6-8(12)4-5-9(7)11(2,3)10(13)14/h4-6H,1-3H3,(H,13,14). The first-order valence-corrected chi connectivity index (χ1v) is 5.43. The highest BCUT2D eigenvalue weighted by Crippen LogP contribution is 2.27. The summed E-state index contributed by atoms with van der Waals surface area (Å²) in [7, 11) is 0. The van der Waals surface area contributed by atoms with Gasteiger partial charge in [0.2, 0.25) is 0 Å². The van der Waals surface area contributed by atoms with Crippen molar-refractivity contribution in [1.82, 2.24) is 0 Å². The van der Waals surface area contributed by atoms with Crippen molar-refractivity contribution in [2.75, 3.05) is 0 Å². The molecule has 0 radical (unpaired) electrons. The summed E-state index contributed by atoms with van der Waals surface area (Å²) >= 11 is 2.22. The first kappa shape index (κ1) is 11.5. The second-order valence-electron chi connectivity index (χ2n) is 3.89. The smallest absolute Gasteiger partial charge is 0.313 e. The van der Waals surface area contributed by atoms with E-state index in [2.05, 4.69) is 22.6 Å². The number of rotatable bonds is 2. The number of aliphatic carboxylic acids is 1. The average molecular weight is 304 g/mol. The van der Waals surface area contributed by atoms with Gasteiger partial charge in [0, 0.05) is 3.57 Å². The van der Waals surface area contributed by atoms with Crippen molar-refractivity contribution in [2.45, 2.75) is 26.2 Å². The van der Waals surface area contributed by atoms with E-state index in [-0.39, 0.29) is 0 Å². The molecule has 0 saturated heterocycles. The minimum absolute atomic E-state index is 0.790. The number of carboxylic acid groups (broad SMARTS) is 1. The number of hydrogen-bond donors (Lipinski definition) is 1. The predicted molar refractivity (Wildman–Crippen MR) is 64.6 cm³/mol. The second kappa shape index (κ2) is 3.88. The third-order valence-corrected chi connectivity index (χ3v) is 3.07. The van der Waals surface area contributed by atoms with E-state index in [1.807, 2.05) is 25.1 Å². The molecule has 0 saturated carbocycles. The van der Waals surface area contributed by atoms with Crippen LogP contribution in [0.5, 0.6) is 0 Å². The SMILES string of the molecule is Cc1cc(I)ccc1C(C)(C)C(=O)O. The second-order valence-corrected chi connectivity index (χ2v) is 5.14. The van der Waals surface area contributed by atoms with Crippen LogP contribution in [0, 0.1) is 10.5 Å². The molecular formula is C11H13IO2. The zero-order valence-electron chi connectivity index (χ0n) is 8.47. The maximum atomic E-state index is 11.1. The summed E-state index contributed by atoms with van der Waals surface area (Å²) < 4.78 is 1.13. The molecule has 0 aliphatic rings. The van der Waals surface area contributed by atoms with Crippen molar-refractivity contribution in [2.24, 2.45) is 0 Å². The van der Waals surface area contributed by atoms with Gasteiger partial charge in [-0.2, -0.15) is 0 Å². The monoisotopic (exact) mass is 304 g/mol. The first-order chi connectivity index (χ1) is 6.35. The van der Waals surface area contributed by atoms with Crippen LogP contribution in [0.4, 0.5) is 0 Å². The van der Waals surface area contributed by atoms with Gasteiger partial charge in [0.25, 0.3) is 0 Å². The quantitative estimate of drug-likeness (QED) is 0.853. The average Bonchev–Trinajstić information content (AvgIpc) is 2.02. The summed E-state index contributed by atoms with van der Waals surface area (Å²) in [6.07, 6.45) is 0. The van der Waals surface area contributed by atoms with Crippen LogP contribution in [-0.2, 0) is 10.2 Å². The van der Waals surface area contributed by atoms with E-state index in [4.69, 9.17) is 5.11 Å². The third kappa shape index (κ3) is 2.08. The number of benzene rings is 1. The largest absolute Gasteiger partial charge is 0.481 e. The minimum atomic E-state index is -0.811. The molecule has 0 fully saturated rings. The Morgan fingerprint density at radius 3 is 2.43 bits per heavy atom. The summed E-state index contributed by atoms with van der Waals surface area (Å²) in [5.74, 6) is -0.790. The summed E-state index contributed by atoms with van der Waals surface area (Å²) in [6, 6.07) is 5.83. The zero-order chi connectivity index (χ0) is 10.9. The number of aryl methyl sites for hydroxylation is 1. The van der Waals surface area contributed by atoms with Crippen LogP contribution >= 0.6 is 22.6 Å². The molecule has 0 aliphatic heterocycles. The van der Waals surface area contributed by atoms with E-state index in [0.29, 0.717) is 0 Å². The highest BCUT2D eigenvalue weighted by Gasteiger charge is 2.30. The summed E-state index contributed by atoms with van der Waals surface area (Å²) in [6.45, 7) is 5.40. The van der Waals surface area contributed by atoms with Crippen molar-refractivity contribution in [3.05, 3.63) is 32.9 Å². The van der Waals surface area contributed by atoms with Gasteiger partial charge in [0.1, 0.15) is 0 Å². The van der Waals surface area contributed by atoms with Crippen LogP contribution in [0.15, 0.2) is 18.2 Å². The van der Waals surface area contributed by atoms with Gasteiger partial charge in [-0.15, -0.1) is 0 Å². The Balaban J connectivity index is 3.26. The minimum Gasteiger partial charge on any atom is -0.481 e. The first-order valence-electron chi connectivity index (χ1n) is 4.35. The molecule has 76 valence electrons. The van der Waals surface area contributed by atoms with Crippen molar-refractivity contribution in [3.8, 4) is 0 Å². The lowest BCUT2D eigenvalue weighted by Gasteiger charge is -2.22. The van der Waals surface area contributed by atoms with Gasteiger partial charge in [0.15, 0.2) is 0 Å². The lowest BCUT2D eigenvalue weighted by molar-refractivity contribution is -0.142. The molecule has 1 rings (SSSR count). The van der Waals surface area contributed by atoms with E-state index in [0.717, 1.165) is 14.7 Å². The molecule has 0 amide bonds. The number of halogens is 1. The molecule has 0 spiro atoms. The Bertz CT molecular complexity index is 370. The molecular weight excluding hydrogens is 291 g/mol. The Labute approximate surface area is 97.5 Å². The van der Waals surface area contributed by atoms with Gasteiger partial charge >= 0.3 is 5.97 Å². The van der Waals surface area contributed by atoms with E-state index in [1.165, 1.54) is 0 Å². The van der Waals surface area contributed by atoms with Gasteiger partial charge in [-0.05, 0) is 66.6 Å². The maximum Gasteiger partial charge on any atom is 0.313 e. The van der Waals surface area contributed by atoms with Crippen molar-refractivity contribution in [3.63, 3.8) is 0 Å². The van der Waals surface area contributed by atoms with E-state index in [1.54, 1.807) is 13.8 Å². The van der Waals surface area contributed by atoms with Crippen LogP contribution in [0.2, 0.25) is 0 Å². The fourth-order valence-corrected chi connectivity index (χ4v) is 2.09. The van der Waals surface area contributed by atoms with Crippen LogP contribution in [0.3, 0.4) is 0 Å². The van der Waals surface area contributed by atoms with Crippen molar-refractivity contribution >= 4 is 28.6 Å². The Hall–Kier alpha value is -0.580. The van der Waals surface area contributed by atoms with E-state index in [9.17, 15) is 4.79 Å². The molecule has 0 atom stereocenters. The molecule has 0 aromatic heterocycles.